The Kier molecular flexibility index (Phi) is 5.22. The van der Waals surface area contributed by atoms with Crippen LogP contribution < -0.4 is 10.6 Å². The smallest absolute Gasteiger partial charge is 0.123 e. The maximum absolute atomic E-state index is 5.61. The number of hydrogen-bond acceptors (Lipinski definition) is 4. The second-order valence-corrected chi connectivity index (χ2v) is 5.08. The van der Waals surface area contributed by atoms with Crippen LogP contribution in [0.1, 0.15) is 13.8 Å². The largest absolute Gasteiger partial charge is 0.384 e. The number of likely N-dealkylation sites (N-methyl/N-ethyl adjacent to an activating group) is 1. The second kappa shape index (κ2) is 6.45. The second-order valence-electron chi connectivity index (χ2n) is 5.08. The fraction of sp³-hybridized carbons (Fsp3) is 0.615. The van der Waals surface area contributed by atoms with Crippen molar-refractivity contribution in [3.8, 4) is 0 Å². The van der Waals surface area contributed by atoms with Crippen LogP contribution in [0.2, 0.25) is 0 Å². The lowest BCUT2D eigenvalue weighted by Crippen LogP contribution is -2.34. The van der Waals surface area contributed by atoms with Crippen molar-refractivity contribution in [2.24, 2.45) is 5.92 Å². The zero-order chi connectivity index (χ0) is 12.8. The summed E-state index contributed by atoms with van der Waals surface area (Å²) in [5.74, 6) is 1.21. The Morgan fingerprint density at radius 1 is 1.24 bits per heavy atom. The molecule has 1 aromatic rings. The molecule has 0 aliphatic carbocycles. The highest BCUT2D eigenvalue weighted by atomic mass is 15.2. The summed E-state index contributed by atoms with van der Waals surface area (Å²) in [6.07, 6.45) is 1.85. The predicted molar refractivity (Wildman–Crippen MR) is 74.3 cm³/mol. The van der Waals surface area contributed by atoms with Crippen molar-refractivity contribution in [1.82, 2.24) is 9.88 Å². The molecule has 0 atom stereocenters. The molecular weight excluding hydrogens is 212 g/mol. The summed E-state index contributed by atoms with van der Waals surface area (Å²) in [7, 11) is 4.18. The van der Waals surface area contributed by atoms with Gasteiger partial charge in [0.25, 0.3) is 0 Å². The van der Waals surface area contributed by atoms with Gasteiger partial charge in [0.2, 0.25) is 0 Å². The molecule has 0 amide bonds. The van der Waals surface area contributed by atoms with Crippen LogP contribution in [0.15, 0.2) is 18.3 Å². The Morgan fingerprint density at radius 3 is 2.41 bits per heavy atom. The first-order chi connectivity index (χ1) is 7.99. The van der Waals surface area contributed by atoms with E-state index >= 15 is 0 Å². The molecule has 0 aliphatic rings. The van der Waals surface area contributed by atoms with Gasteiger partial charge in [-0.3, -0.25) is 0 Å². The third kappa shape index (κ3) is 5.04. The van der Waals surface area contributed by atoms with Crippen molar-refractivity contribution in [3.63, 3.8) is 0 Å². The first-order valence-electron chi connectivity index (χ1n) is 6.10. The van der Waals surface area contributed by atoms with Gasteiger partial charge in [-0.05, 0) is 32.1 Å². The maximum Gasteiger partial charge on any atom is 0.123 e. The summed E-state index contributed by atoms with van der Waals surface area (Å²) in [6.45, 7) is 7.55. The van der Waals surface area contributed by atoms with E-state index in [-0.39, 0.29) is 0 Å². The molecule has 4 nitrogen and oxygen atoms in total. The molecule has 2 N–H and O–H groups in total. The van der Waals surface area contributed by atoms with E-state index in [0.29, 0.717) is 11.7 Å². The van der Waals surface area contributed by atoms with Crippen LogP contribution in [0.3, 0.4) is 0 Å². The van der Waals surface area contributed by atoms with Crippen molar-refractivity contribution in [2.75, 3.05) is 44.4 Å². The Morgan fingerprint density at radius 2 is 1.94 bits per heavy atom. The summed E-state index contributed by atoms with van der Waals surface area (Å²) in [5, 5.41) is 0. The molecule has 0 fully saturated rings. The minimum absolute atomic E-state index is 0.575. The molecule has 0 aromatic carbocycles. The number of pyridine rings is 1. The lowest BCUT2D eigenvalue weighted by atomic mass is 10.2. The van der Waals surface area contributed by atoms with Gasteiger partial charge in [0.1, 0.15) is 5.82 Å². The average Bonchev–Trinajstić information content (AvgIpc) is 2.25. The highest BCUT2D eigenvalue weighted by Gasteiger charge is 2.09. The van der Waals surface area contributed by atoms with Crippen LogP contribution in [0.4, 0.5) is 11.5 Å². The molecular formula is C13H24N4. The Hall–Kier alpha value is -1.29. The number of rotatable bonds is 6. The van der Waals surface area contributed by atoms with E-state index in [1.807, 2.05) is 18.3 Å². The maximum atomic E-state index is 5.61. The first kappa shape index (κ1) is 13.8. The van der Waals surface area contributed by atoms with Crippen LogP contribution >= 0.6 is 0 Å². The number of anilines is 2. The summed E-state index contributed by atoms with van der Waals surface area (Å²) < 4.78 is 0. The highest BCUT2D eigenvalue weighted by molar-refractivity contribution is 5.48. The van der Waals surface area contributed by atoms with E-state index in [0.717, 1.165) is 25.3 Å². The Labute approximate surface area is 104 Å². The monoisotopic (exact) mass is 236 g/mol. The highest BCUT2D eigenvalue weighted by Crippen LogP contribution is 2.15. The van der Waals surface area contributed by atoms with Gasteiger partial charge in [0.15, 0.2) is 0 Å². The van der Waals surface area contributed by atoms with E-state index in [1.165, 1.54) is 0 Å². The molecule has 96 valence electrons. The minimum atomic E-state index is 0.575. The number of nitrogens with zero attached hydrogens (tertiary/aromatic N) is 3. The quantitative estimate of drug-likeness (QED) is 0.816. The molecule has 4 heteroatoms. The Bertz CT molecular complexity index is 319. The van der Waals surface area contributed by atoms with E-state index < -0.39 is 0 Å². The lowest BCUT2D eigenvalue weighted by molar-refractivity contribution is 0.409. The van der Waals surface area contributed by atoms with Gasteiger partial charge >= 0.3 is 0 Å². The topological polar surface area (TPSA) is 45.4 Å². The normalized spacial score (nSPS) is 11.2. The molecule has 0 radical (unpaired) electrons. The van der Waals surface area contributed by atoms with Gasteiger partial charge < -0.3 is 15.5 Å². The number of nitrogens with two attached hydrogens (primary N) is 1. The van der Waals surface area contributed by atoms with Gasteiger partial charge in [-0.15, -0.1) is 0 Å². The molecule has 0 unspecified atom stereocenters. The summed E-state index contributed by atoms with van der Waals surface area (Å²) in [4.78, 5) is 8.71. The predicted octanol–water partition coefficient (Wildman–Crippen LogP) is 1.69. The van der Waals surface area contributed by atoms with Crippen molar-refractivity contribution in [2.45, 2.75) is 13.8 Å². The summed E-state index contributed by atoms with van der Waals surface area (Å²) in [6, 6.07) is 3.90. The third-order valence-corrected chi connectivity index (χ3v) is 2.54. The van der Waals surface area contributed by atoms with E-state index in [4.69, 9.17) is 5.73 Å². The molecule has 0 bridgehead atoms. The summed E-state index contributed by atoms with van der Waals surface area (Å²) >= 11 is 0. The van der Waals surface area contributed by atoms with Crippen LogP contribution in [0, 0.1) is 5.92 Å². The molecule has 1 aromatic heterocycles. The third-order valence-electron chi connectivity index (χ3n) is 2.54. The first-order valence-corrected chi connectivity index (χ1v) is 6.10. The van der Waals surface area contributed by atoms with Gasteiger partial charge in [-0.1, -0.05) is 13.8 Å². The SMILES string of the molecule is CC(C)CN(CCN(C)C)c1ccc(N)nc1. The molecule has 1 rings (SSSR count). The van der Waals surface area contributed by atoms with E-state index in [1.54, 1.807) is 0 Å². The molecule has 17 heavy (non-hydrogen) atoms. The van der Waals surface area contributed by atoms with Crippen molar-refractivity contribution < 1.29 is 0 Å². The fourth-order valence-electron chi connectivity index (χ4n) is 1.67. The van der Waals surface area contributed by atoms with Gasteiger partial charge in [0.05, 0.1) is 11.9 Å². The van der Waals surface area contributed by atoms with Crippen LogP contribution in [0.5, 0.6) is 0 Å². The Balaban J connectivity index is 2.70. The van der Waals surface area contributed by atoms with Gasteiger partial charge in [0, 0.05) is 19.6 Å². The van der Waals surface area contributed by atoms with E-state index in [2.05, 4.69) is 42.7 Å². The van der Waals surface area contributed by atoms with Crippen LogP contribution in [0.25, 0.3) is 0 Å². The van der Waals surface area contributed by atoms with Crippen molar-refractivity contribution in [1.29, 1.82) is 0 Å². The molecule has 0 saturated carbocycles. The lowest BCUT2D eigenvalue weighted by Gasteiger charge is -2.27. The zero-order valence-electron chi connectivity index (χ0n) is 11.3. The number of aromatic nitrogens is 1. The van der Waals surface area contributed by atoms with Gasteiger partial charge in [-0.2, -0.15) is 0 Å². The van der Waals surface area contributed by atoms with Crippen molar-refractivity contribution >= 4 is 11.5 Å². The minimum Gasteiger partial charge on any atom is -0.384 e. The molecule has 0 aliphatic heterocycles. The van der Waals surface area contributed by atoms with E-state index in [9.17, 15) is 0 Å². The molecule has 0 spiro atoms. The van der Waals surface area contributed by atoms with Gasteiger partial charge in [-0.25, -0.2) is 4.98 Å². The average molecular weight is 236 g/mol. The fourth-order valence-corrected chi connectivity index (χ4v) is 1.67. The van der Waals surface area contributed by atoms with Crippen LogP contribution in [-0.4, -0.2) is 43.6 Å². The molecule has 0 saturated heterocycles. The zero-order valence-corrected chi connectivity index (χ0v) is 11.3. The number of hydrogen-bond donors (Lipinski definition) is 1. The standard InChI is InChI=1S/C13H24N4/c1-11(2)10-17(8-7-16(3)4)12-5-6-13(14)15-9-12/h5-6,9,11H,7-8,10H2,1-4H3,(H2,14,15). The van der Waals surface area contributed by atoms with Crippen LogP contribution in [-0.2, 0) is 0 Å². The van der Waals surface area contributed by atoms with Crippen molar-refractivity contribution in [3.05, 3.63) is 18.3 Å². The summed E-state index contributed by atoms with van der Waals surface area (Å²) in [5.41, 5.74) is 6.76. The number of nitrogen functional groups attached to an aromatic ring is 1. The molecule has 1 heterocycles.